The van der Waals surface area contributed by atoms with Gasteiger partial charge in [-0.3, -0.25) is 9.36 Å². The molecule has 0 saturated carbocycles. The lowest BCUT2D eigenvalue weighted by atomic mass is 9.72. The zero-order valence-electron chi connectivity index (χ0n) is 20.8. The number of rotatable bonds is 10. The predicted octanol–water partition coefficient (Wildman–Crippen LogP) is 4.64. The van der Waals surface area contributed by atoms with Gasteiger partial charge in [0.05, 0.1) is 21.1 Å². The van der Waals surface area contributed by atoms with E-state index in [0.717, 1.165) is 12.0 Å². The number of hydrogen-bond donors (Lipinski definition) is 1. The topological polar surface area (TPSA) is 86.7 Å². The third kappa shape index (κ3) is 10.8. The Balaban J connectivity index is 2.89. The van der Waals surface area contributed by atoms with Gasteiger partial charge in [0.1, 0.15) is 6.54 Å². The summed E-state index contributed by atoms with van der Waals surface area (Å²) in [7, 11) is 0.396. The second-order valence-electron chi connectivity index (χ2n) is 10.4. The van der Waals surface area contributed by atoms with Crippen molar-refractivity contribution >= 4 is 13.6 Å². The number of likely N-dealkylation sites (N-methyl/N-ethyl adjacent to an activating group) is 1. The molecule has 1 N–H and O–H groups in total. The first-order valence-corrected chi connectivity index (χ1v) is 12.5. The van der Waals surface area contributed by atoms with Crippen LogP contribution >= 0.6 is 7.82 Å². The van der Waals surface area contributed by atoms with Gasteiger partial charge in [0.2, 0.25) is 0 Å². The highest BCUT2D eigenvalue weighted by Gasteiger charge is 2.28. The molecule has 0 radical (unpaired) electrons. The van der Waals surface area contributed by atoms with E-state index in [1.54, 1.807) is 34.1 Å². The molecule has 0 spiro atoms. The number of phosphoric acid groups is 1. The highest BCUT2D eigenvalue weighted by Crippen LogP contribution is 2.40. The van der Waals surface area contributed by atoms with Gasteiger partial charge >= 0.3 is 0 Å². The van der Waals surface area contributed by atoms with Crippen molar-refractivity contribution < 1.29 is 28.2 Å². The van der Waals surface area contributed by atoms with E-state index in [1.165, 1.54) is 30.1 Å². The number of ketones is 1. The van der Waals surface area contributed by atoms with E-state index in [-0.39, 0.29) is 12.0 Å². The highest BCUT2D eigenvalue weighted by molar-refractivity contribution is 7.44. The highest BCUT2D eigenvalue weighted by atomic mass is 31.2. The van der Waals surface area contributed by atoms with Crippen LogP contribution in [0.15, 0.2) is 58.7 Å². The zero-order valence-corrected chi connectivity index (χ0v) is 21.7. The fraction of sp³-hybridized carbons (Fsp3) is 0.560. The summed E-state index contributed by atoms with van der Waals surface area (Å²) in [6.07, 6.45) is 13.6. The van der Waals surface area contributed by atoms with E-state index in [9.17, 15) is 14.3 Å². The molecule has 0 heterocycles. The Bertz CT molecular complexity index is 878. The maximum absolute atomic E-state index is 12.5. The van der Waals surface area contributed by atoms with Crippen molar-refractivity contribution in [3.63, 3.8) is 0 Å². The summed E-state index contributed by atoms with van der Waals surface area (Å²) in [5, 5.41) is 0. The molecule has 1 rings (SSSR count). The summed E-state index contributed by atoms with van der Waals surface area (Å²) < 4.78 is 16.1. The third-order valence-electron chi connectivity index (χ3n) is 5.43. The van der Waals surface area contributed by atoms with E-state index in [4.69, 9.17) is 4.89 Å². The molecule has 6 nitrogen and oxygen atoms in total. The van der Waals surface area contributed by atoms with Crippen LogP contribution in [0.5, 0.6) is 0 Å². The van der Waals surface area contributed by atoms with E-state index in [0.29, 0.717) is 10.1 Å². The number of carbonyl (C=O) groups excluding carboxylic acids is 1. The van der Waals surface area contributed by atoms with Crippen molar-refractivity contribution in [2.75, 3.05) is 27.7 Å². The summed E-state index contributed by atoms with van der Waals surface area (Å²) in [5.41, 5.74) is 4.80. The van der Waals surface area contributed by atoms with E-state index in [2.05, 4.69) is 37.4 Å². The lowest BCUT2D eigenvalue weighted by Gasteiger charge is -2.32. The second-order valence-corrected chi connectivity index (χ2v) is 11.5. The van der Waals surface area contributed by atoms with Crippen LogP contribution in [-0.4, -0.2) is 49.0 Å². The molecule has 0 aromatic rings. The zero-order chi connectivity index (χ0) is 24.7. The summed E-state index contributed by atoms with van der Waals surface area (Å²) in [6, 6.07) is 0. The van der Waals surface area contributed by atoms with Crippen LogP contribution in [0.1, 0.15) is 53.9 Å². The quantitative estimate of drug-likeness (QED) is 0.220. The fourth-order valence-electron chi connectivity index (χ4n) is 3.83. The maximum atomic E-state index is 12.5. The van der Waals surface area contributed by atoms with Crippen LogP contribution in [0.4, 0.5) is 0 Å². The Morgan fingerprint density at radius 1 is 1.25 bits per heavy atom. The molecule has 0 amide bonds. The van der Waals surface area contributed by atoms with Crippen LogP contribution in [0.3, 0.4) is 0 Å². The first-order chi connectivity index (χ1) is 14.5. The standard InChI is InChI=1S/C25H40NO5P/c1-19(14-15-22-21(3)13-10-16-25(22,4)5)11-9-12-20(2)17-23(27)24(18-26(6,7)8)31-32(28,29)30/h9,11-12,14-15,17,24H,10,13,16,18H2,1-8H3,(H-,28,29,30)/t24-/m0/s1. The summed E-state index contributed by atoms with van der Waals surface area (Å²) in [5.74, 6) is -0.507. The Kier molecular flexibility index (Phi) is 10.3. The average molecular weight is 466 g/mol. The van der Waals surface area contributed by atoms with Crippen LogP contribution in [0, 0.1) is 5.41 Å². The largest absolute Gasteiger partial charge is 0.756 e. The smallest absolute Gasteiger partial charge is 0.266 e. The van der Waals surface area contributed by atoms with Gasteiger partial charge in [-0.25, -0.2) is 0 Å². The second kappa shape index (κ2) is 11.5. The van der Waals surface area contributed by atoms with Crippen molar-refractivity contribution in [1.29, 1.82) is 0 Å². The molecule has 0 fully saturated rings. The fourth-order valence-corrected chi connectivity index (χ4v) is 4.32. The molecular weight excluding hydrogens is 425 g/mol. The molecule has 0 aromatic carbocycles. The number of quaternary nitrogens is 1. The molecule has 2 atom stereocenters. The minimum atomic E-state index is -5.02. The third-order valence-corrected chi connectivity index (χ3v) is 5.96. The minimum Gasteiger partial charge on any atom is -0.756 e. The molecule has 180 valence electrons. The van der Waals surface area contributed by atoms with Gasteiger partial charge in [0.15, 0.2) is 11.9 Å². The van der Waals surface area contributed by atoms with E-state index < -0.39 is 19.7 Å². The lowest BCUT2D eigenvalue weighted by molar-refractivity contribution is -0.872. The Morgan fingerprint density at radius 2 is 1.88 bits per heavy atom. The minimum absolute atomic E-state index is 0.106. The van der Waals surface area contributed by atoms with Gasteiger partial charge in [-0.2, -0.15) is 0 Å². The van der Waals surface area contributed by atoms with Gasteiger partial charge in [-0.15, -0.1) is 0 Å². The summed E-state index contributed by atoms with van der Waals surface area (Å²) in [4.78, 5) is 32.7. The van der Waals surface area contributed by atoms with Crippen molar-refractivity contribution in [2.24, 2.45) is 5.41 Å². The van der Waals surface area contributed by atoms with Gasteiger partial charge < -0.3 is 18.8 Å². The lowest BCUT2D eigenvalue weighted by Crippen LogP contribution is -2.45. The van der Waals surface area contributed by atoms with Crippen molar-refractivity contribution in [3.05, 3.63) is 58.7 Å². The number of carbonyl (C=O) groups is 1. The first-order valence-electron chi connectivity index (χ1n) is 11.0. The van der Waals surface area contributed by atoms with Crippen LogP contribution in [0.25, 0.3) is 0 Å². The monoisotopic (exact) mass is 465 g/mol. The molecule has 1 unspecified atom stereocenters. The number of nitrogens with zero attached hydrogens (tertiary/aromatic N) is 1. The van der Waals surface area contributed by atoms with Crippen molar-refractivity contribution in [2.45, 2.75) is 60.0 Å². The molecule has 0 aromatic heterocycles. The normalized spacial score (nSPS) is 21.3. The SMILES string of the molecule is CC(C=CC1=C(C)CCCC1(C)C)=CC=CC(C)=CC(=O)[C@H](C[N+](C)(C)C)OP(=O)([O-])O. The van der Waals surface area contributed by atoms with Crippen LogP contribution in [0.2, 0.25) is 0 Å². The molecule has 0 bridgehead atoms. The number of phosphoric ester groups is 1. The molecule has 1 aliphatic rings. The molecule has 7 heteroatoms. The first kappa shape index (κ1) is 28.5. The van der Waals surface area contributed by atoms with Gasteiger partial charge in [0.25, 0.3) is 7.82 Å². The molecule has 32 heavy (non-hydrogen) atoms. The molecule has 1 aliphatic carbocycles. The van der Waals surface area contributed by atoms with E-state index >= 15 is 0 Å². The average Bonchev–Trinajstić information content (AvgIpc) is 2.57. The maximum Gasteiger partial charge on any atom is 0.266 e. The number of hydrogen-bond acceptors (Lipinski definition) is 4. The van der Waals surface area contributed by atoms with Gasteiger partial charge in [0, 0.05) is 0 Å². The molecule has 0 aliphatic heterocycles. The van der Waals surface area contributed by atoms with E-state index in [1.807, 2.05) is 19.1 Å². The summed E-state index contributed by atoms with van der Waals surface area (Å²) >= 11 is 0. The Labute approximate surface area is 193 Å². The van der Waals surface area contributed by atoms with Crippen LogP contribution < -0.4 is 4.89 Å². The molecule has 0 saturated heterocycles. The van der Waals surface area contributed by atoms with Crippen molar-refractivity contribution in [3.8, 4) is 0 Å². The van der Waals surface area contributed by atoms with Gasteiger partial charge in [-0.05, 0) is 62.7 Å². The number of allylic oxidation sites excluding steroid dienone is 9. The Hall–Kier alpha value is -1.56. The van der Waals surface area contributed by atoms with Crippen LogP contribution in [-0.2, 0) is 13.9 Å². The van der Waals surface area contributed by atoms with Gasteiger partial charge in [-0.1, -0.05) is 55.4 Å². The predicted molar refractivity (Wildman–Crippen MR) is 129 cm³/mol. The summed E-state index contributed by atoms with van der Waals surface area (Å²) in [6.45, 7) is 10.7. The Morgan fingerprint density at radius 3 is 2.41 bits per heavy atom. The molecular formula is C25H40NO5P. The van der Waals surface area contributed by atoms with Crippen molar-refractivity contribution in [1.82, 2.24) is 0 Å².